The van der Waals surface area contributed by atoms with Crippen molar-refractivity contribution in [1.29, 1.82) is 0 Å². The molecule has 2 aliphatic carbocycles. The molecule has 2 aliphatic rings. The lowest BCUT2D eigenvalue weighted by atomic mass is 10.1. The fraction of sp³-hybridized carbons (Fsp3) is 0.941. The van der Waals surface area contributed by atoms with Gasteiger partial charge in [-0.05, 0) is 43.9 Å². The summed E-state index contributed by atoms with van der Waals surface area (Å²) in [5, 5.41) is 0. The Hall–Kier alpha value is -0.610. The lowest BCUT2D eigenvalue weighted by Gasteiger charge is -2.29. The number of hydrogen-bond acceptors (Lipinski definition) is 4. The summed E-state index contributed by atoms with van der Waals surface area (Å²) in [6.07, 6.45) is 2.69. The Balaban J connectivity index is 1.94. The van der Waals surface area contributed by atoms with Crippen LogP contribution in [0.5, 0.6) is 0 Å². The van der Waals surface area contributed by atoms with E-state index in [0.717, 1.165) is 25.6 Å². The van der Waals surface area contributed by atoms with Crippen molar-refractivity contribution in [3.63, 3.8) is 0 Å². The van der Waals surface area contributed by atoms with Gasteiger partial charge in [0.25, 0.3) is 0 Å². The van der Waals surface area contributed by atoms with E-state index in [1.807, 2.05) is 6.92 Å². The molecule has 0 heterocycles. The summed E-state index contributed by atoms with van der Waals surface area (Å²) in [6.45, 7) is 11.8. The normalized spacial score (nSPS) is 28.5. The summed E-state index contributed by atoms with van der Waals surface area (Å²) >= 11 is 0. The lowest BCUT2D eigenvalue weighted by Crippen LogP contribution is -2.39. The smallest absolute Gasteiger partial charge is 0.309 e. The van der Waals surface area contributed by atoms with Crippen LogP contribution in [0.3, 0.4) is 0 Å². The van der Waals surface area contributed by atoms with Gasteiger partial charge in [-0.3, -0.25) is 9.69 Å². The van der Waals surface area contributed by atoms with Gasteiger partial charge in [-0.15, -0.1) is 0 Å². The number of ether oxygens (including phenoxy) is 2. The van der Waals surface area contributed by atoms with Gasteiger partial charge < -0.3 is 9.47 Å². The molecule has 3 atom stereocenters. The second-order valence-corrected chi connectivity index (χ2v) is 7.22. The monoisotopic (exact) mass is 297 g/mol. The quantitative estimate of drug-likeness (QED) is 0.613. The minimum absolute atomic E-state index is 0.0155. The summed E-state index contributed by atoms with van der Waals surface area (Å²) in [4.78, 5) is 14.6. The zero-order valence-electron chi connectivity index (χ0n) is 14.2. The van der Waals surface area contributed by atoms with Gasteiger partial charge in [-0.2, -0.15) is 0 Å². The second-order valence-electron chi connectivity index (χ2n) is 7.22. The van der Waals surface area contributed by atoms with Crippen molar-refractivity contribution in [2.75, 3.05) is 33.4 Å². The van der Waals surface area contributed by atoms with Crippen LogP contribution < -0.4 is 0 Å². The second kappa shape index (κ2) is 6.66. The van der Waals surface area contributed by atoms with Gasteiger partial charge in [0.15, 0.2) is 0 Å². The van der Waals surface area contributed by atoms with Crippen LogP contribution in [0.2, 0.25) is 0 Å². The highest BCUT2D eigenvalue weighted by Crippen LogP contribution is 2.59. The van der Waals surface area contributed by atoms with Crippen molar-refractivity contribution >= 4 is 5.97 Å². The van der Waals surface area contributed by atoms with Crippen LogP contribution in [0.1, 0.15) is 40.5 Å². The topological polar surface area (TPSA) is 38.8 Å². The molecule has 0 saturated heterocycles. The number of nitrogens with zero attached hydrogens (tertiary/aromatic N) is 1. The number of hydrogen-bond donors (Lipinski definition) is 0. The van der Waals surface area contributed by atoms with Gasteiger partial charge in [-0.1, -0.05) is 13.8 Å². The molecule has 0 spiro atoms. The number of esters is 1. The van der Waals surface area contributed by atoms with E-state index in [1.165, 1.54) is 12.8 Å². The molecule has 122 valence electrons. The van der Waals surface area contributed by atoms with Crippen LogP contribution in [0, 0.1) is 23.2 Å². The average molecular weight is 297 g/mol. The largest absolute Gasteiger partial charge is 0.466 e. The predicted molar refractivity (Wildman–Crippen MR) is 83.0 cm³/mol. The van der Waals surface area contributed by atoms with Crippen molar-refractivity contribution in [2.45, 2.75) is 46.6 Å². The Morgan fingerprint density at radius 1 is 1.38 bits per heavy atom. The van der Waals surface area contributed by atoms with Crippen molar-refractivity contribution in [1.82, 2.24) is 4.90 Å². The highest BCUT2D eigenvalue weighted by atomic mass is 16.5. The summed E-state index contributed by atoms with van der Waals surface area (Å²) in [5.41, 5.74) is 0.0703. The van der Waals surface area contributed by atoms with Gasteiger partial charge in [-0.25, -0.2) is 0 Å². The highest BCUT2D eigenvalue weighted by molar-refractivity contribution is 5.77. The maximum atomic E-state index is 12.1. The molecule has 21 heavy (non-hydrogen) atoms. The first-order valence-corrected chi connectivity index (χ1v) is 8.33. The van der Waals surface area contributed by atoms with Crippen LogP contribution in [0.15, 0.2) is 0 Å². The van der Waals surface area contributed by atoms with Gasteiger partial charge in [0, 0.05) is 26.2 Å². The molecule has 0 unspecified atom stereocenters. The molecule has 0 aromatic heterocycles. The van der Waals surface area contributed by atoms with Gasteiger partial charge in [0.1, 0.15) is 0 Å². The zero-order valence-corrected chi connectivity index (χ0v) is 14.2. The number of carbonyl (C=O) groups excluding carboxylic acids is 1. The summed E-state index contributed by atoms with van der Waals surface area (Å²) in [6, 6.07) is 0.597. The van der Waals surface area contributed by atoms with Crippen molar-refractivity contribution in [2.24, 2.45) is 23.2 Å². The number of rotatable bonds is 9. The molecule has 0 aromatic carbocycles. The van der Waals surface area contributed by atoms with Crippen LogP contribution >= 0.6 is 0 Å². The van der Waals surface area contributed by atoms with Crippen LogP contribution in [0.25, 0.3) is 0 Å². The van der Waals surface area contributed by atoms with E-state index >= 15 is 0 Å². The van der Waals surface area contributed by atoms with Crippen molar-refractivity contribution in [3.05, 3.63) is 0 Å². The zero-order chi connectivity index (χ0) is 15.6. The third kappa shape index (κ3) is 3.78. The Morgan fingerprint density at radius 2 is 2.05 bits per heavy atom. The molecule has 0 bridgehead atoms. The molecule has 0 aromatic rings. The Bertz CT molecular complexity index is 365. The van der Waals surface area contributed by atoms with Gasteiger partial charge >= 0.3 is 5.97 Å². The van der Waals surface area contributed by atoms with E-state index in [-0.39, 0.29) is 17.3 Å². The van der Waals surface area contributed by atoms with Gasteiger partial charge in [0.2, 0.25) is 0 Å². The van der Waals surface area contributed by atoms with Crippen LogP contribution in [-0.2, 0) is 14.3 Å². The molecule has 4 nitrogen and oxygen atoms in total. The lowest BCUT2D eigenvalue weighted by molar-refractivity contribution is -0.145. The molecular formula is C17H31NO3. The molecule has 0 N–H and O–H groups in total. The first-order valence-electron chi connectivity index (χ1n) is 8.33. The maximum absolute atomic E-state index is 12.1. The Labute approximate surface area is 129 Å². The SMILES string of the molecule is CCOC(=O)[C@@H]1[C@@H](CN(CCOC)[C@@H](C)C2CC2)C1(C)C. The molecule has 0 amide bonds. The average Bonchev–Trinajstić information content (AvgIpc) is 3.31. The van der Waals surface area contributed by atoms with Crippen molar-refractivity contribution < 1.29 is 14.3 Å². The number of carbonyl (C=O) groups is 1. The Morgan fingerprint density at radius 3 is 2.57 bits per heavy atom. The minimum Gasteiger partial charge on any atom is -0.466 e. The summed E-state index contributed by atoms with van der Waals surface area (Å²) in [7, 11) is 1.75. The molecule has 2 rings (SSSR count). The van der Waals surface area contributed by atoms with Crippen LogP contribution in [-0.4, -0.2) is 50.3 Å². The van der Waals surface area contributed by atoms with Crippen molar-refractivity contribution in [3.8, 4) is 0 Å². The standard InChI is InChI=1S/C17H31NO3/c1-6-21-16(19)15-14(17(15,3)4)11-18(9-10-20-5)12(2)13-7-8-13/h12-15H,6-11H2,1-5H3/t12-,14+,15-/m0/s1. The summed E-state index contributed by atoms with van der Waals surface area (Å²) < 4.78 is 10.5. The third-order valence-electron chi connectivity index (χ3n) is 5.49. The molecule has 4 heteroatoms. The molecular weight excluding hydrogens is 266 g/mol. The fourth-order valence-electron chi connectivity index (χ4n) is 3.58. The maximum Gasteiger partial charge on any atom is 0.309 e. The molecule has 2 fully saturated rings. The van der Waals surface area contributed by atoms with Gasteiger partial charge in [0.05, 0.1) is 19.1 Å². The van der Waals surface area contributed by atoms with E-state index in [2.05, 4.69) is 25.7 Å². The first-order chi connectivity index (χ1) is 9.93. The van der Waals surface area contributed by atoms with Crippen LogP contribution in [0.4, 0.5) is 0 Å². The van der Waals surface area contributed by atoms with E-state index in [9.17, 15) is 4.79 Å². The molecule has 0 radical (unpaired) electrons. The first kappa shape index (κ1) is 16.8. The fourth-order valence-corrected chi connectivity index (χ4v) is 3.58. The number of methoxy groups -OCH3 is 1. The predicted octanol–water partition coefficient (Wildman–Crippen LogP) is 2.57. The third-order valence-corrected chi connectivity index (χ3v) is 5.49. The Kier molecular flexibility index (Phi) is 5.31. The minimum atomic E-state index is -0.0155. The van der Waals surface area contributed by atoms with E-state index in [1.54, 1.807) is 7.11 Å². The summed E-state index contributed by atoms with van der Waals surface area (Å²) in [5.74, 6) is 1.30. The van der Waals surface area contributed by atoms with E-state index < -0.39 is 0 Å². The van der Waals surface area contributed by atoms with E-state index in [4.69, 9.17) is 9.47 Å². The molecule has 0 aliphatic heterocycles. The highest BCUT2D eigenvalue weighted by Gasteiger charge is 2.62. The van der Waals surface area contributed by atoms with E-state index in [0.29, 0.717) is 18.6 Å². The molecule has 2 saturated carbocycles.